The Hall–Kier alpha value is -1.74. The molecule has 0 amide bonds. The molecule has 0 heterocycles. The fourth-order valence-corrected chi connectivity index (χ4v) is 2.30. The molecule has 0 aliphatic rings. The number of ketones is 1. The average Bonchev–Trinajstić information content (AvgIpc) is 2.50. The number of thiocarbonyl (C=S) groups is 1. The Morgan fingerprint density at radius 1 is 1.20 bits per heavy atom. The molecular weight excluding hydrogens is 268 g/mol. The van der Waals surface area contributed by atoms with E-state index in [4.69, 9.17) is 17.0 Å². The van der Waals surface area contributed by atoms with Crippen molar-refractivity contribution in [1.29, 1.82) is 0 Å². The number of hydrogen-bond acceptors (Lipinski definition) is 3. The number of ether oxygens (including phenoxy) is 1. The van der Waals surface area contributed by atoms with E-state index in [1.54, 1.807) is 0 Å². The lowest BCUT2D eigenvalue weighted by molar-refractivity contribution is 0.0952. The Bertz CT molecular complexity index is 628. The summed E-state index contributed by atoms with van der Waals surface area (Å²) in [5.41, 5.74) is 0.707. The van der Waals surface area contributed by atoms with Crippen molar-refractivity contribution in [3.63, 3.8) is 0 Å². The molecule has 0 aliphatic heterocycles. The van der Waals surface area contributed by atoms with Crippen LogP contribution in [0, 0.1) is 5.92 Å². The molecule has 2 nitrogen and oxygen atoms in total. The van der Waals surface area contributed by atoms with Crippen LogP contribution in [0.1, 0.15) is 30.6 Å². The highest BCUT2D eigenvalue weighted by Crippen LogP contribution is 2.22. The molecule has 0 bridgehead atoms. The quantitative estimate of drug-likeness (QED) is 0.601. The van der Waals surface area contributed by atoms with Gasteiger partial charge in [0.25, 0.3) is 0 Å². The zero-order valence-electron chi connectivity index (χ0n) is 11.8. The molecule has 0 saturated heterocycles. The molecular formula is C17H18O2S. The third-order valence-corrected chi connectivity index (χ3v) is 3.72. The first kappa shape index (κ1) is 14.7. The number of benzene rings is 2. The standard InChI is InChI=1S/C17H18O2S/c1-3-11-19-17(20)12(2)16(18)15-10-6-8-13-7-4-5-9-14(13)15/h4-10,12H,3,11H2,1-2H3. The van der Waals surface area contributed by atoms with Gasteiger partial charge >= 0.3 is 0 Å². The minimum absolute atomic E-state index is 0.0166. The minimum Gasteiger partial charge on any atom is -0.486 e. The molecule has 1 unspecified atom stereocenters. The molecule has 0 radical (unpaired) electrons. The lowest BCUT2D eigenvalue weighted by atomic mass is 9.95. The van der Waals surface area contributed by atoms with Crippen LogP contribution in [0.15, 0.2) is 42.5 Å². The summed E-state index contributed by atoms with van der Waals surface area (Å²) in [6.45, 7) is 4.38. The summed E-state index contributed by atoms with van der Waals surface area (Å²) in [4.78, 5) is 12.6. The predicted molar refractivity (Wildman–Crippen MR) is 86.3 cm³/mol. The maximum absolute atomic E-state index is 12.6. The molecule has 104 valence electrons. The van der Waals surface area contributed by atoms with Crippen LogP contribution in [0.5, 0.6) is 0 Å². The van der Waals surface area contributed by atoms with Gasteiger partial charge in [-0.25, -0.2) is 0 Å². The number of carbonyl (C=O) groups excluding carboxylic acids is 1. The molecule has 20 heavy (non-hydrogen) atoms. The molecule has 0 saturated carbocycles. The van der Waals surface area contributed by atoms with E-state index in [-0.39, 0.29) is 5.78 Å². The van der Waals surface area contributed by atoms with Gasteiger partial charge in [-0.1, -0.05) is 49.4 Å². The third kappa shape index (κ3) is 3.05. The van der Waals surface area contributed by atoms with Crippen molar-refractivity contribution in [3.8, 4) is 0 Å². The largest absolute Gasteiger partial charge is 0.486 e. The molecule has 3 heteroatoms. The first-order valence-corrected chi connectivity index (χ1v) is 7.24. The first-order valence-electron chi connectivity index (χ1n) is 6.83. The molecule has 0 fully saturated rings. The van der Waals surface area contributed by atoms with Gasteiger partial charge in [0.05, 0.1) is 12.5 Å². The van der Waals surface area contributed by atoms with Gasteiger partial charge in [-0.05, 0) is 36.3 Å². The van der Waals surface area contributed by atoms with Gasteiger partial charge in [0.2, 0.25) is 0 Å². The fraction of sp³-hybridized carbons (Fsp3) is 0.294. The highest BCUT2D eigenvalue weighted by molar-refractivity contribution is 7.80. The lowest BCUT2D eigenvalue weighted by Crippen LogP contribution is -2.22. The van der Waals surface area contributed by atoms with Gasteiger partial charge in [0.1, 0.15) is 0 Å². The summed E-state index contributed by atoms with van der Waals surface area (Å²) in [5.74, 6) is -0.384. The second kappa shape index (κ2) is 6.62. The Morgan fingerprint density at radius 3 is 2.65 bits per heavy atom. The van der Waals surface area contributed by atoms with Crippen LogP contribution in [0.25, 0.3) is 10.8 Å². The van der Waals surface area contributed by atoms with Crippen LogP contribution in [-0.2, 0) is 4.74 Å². The van der Waals surface area contributed by atoms with E-state index in [0.717, 1.165) is 17.2 Å². The van der Waals surface area contributed by atoms with Gasteiger partial charge < -0.3 is 4.74 Å². The van der Waals surface area contributed by atoms with Crippen LogP contribution in [-0.4, -0.2) is 17.4 Å². The van der Waals surface area contributed by atoms with Gasteiger partial charge in [0.15, 0.2) is 10.8 Å². The van der Waals surface area contributed by atoms with E-state index in [0.29, 0.717) is 17.2 Å². The highest BCUT2D eigenvalue weighted by atomic mass is 32.1. The Balaban J connectivity index is 2.29. The third-order valence-electron chi connectivity index (χ3n) is 3.25. The molecule has 0 aromatic heterocycles. The summed E-state index contributed by atoms with van der Waals surface area (Å²) < 4.78 is 5.42. The number of Topliss-reactive ketones (excluding diaryl/α,β-unsaturated/α-hetero) is 1. The lowest BCUT2D eigenvalue weighted by Gasteiger charge is -2.14. The second-order valence-electron chi connectivity index (χ2n) is 4.78. The Labute approximate surface area is 124 Å². The summed E-state index contributed by atoms with van der Waals surface area (Å²) >= 11 is 5.20. The van der Waals surface area contributed by atoms with Gasteiger partial charge in [-0.2, -0.15) is 0 Å². The molecule has 2 aromatic rings. The zero-order chi connectivity index (χ0) is 14.5. The van der Waals surface area contributed by atoms with E-state index in [1.165, 1.54) is 0 Å². The summed E-state index contributed by atoms with van der Waals surface area (Å²) in [5, 5.41) is 2.40. The van der Waals surface area contributed by atoms with Crippen LogP contribution < -0.4 is 0 Å². The van der Waals surface area contributed by atoms with Crippen molar-refractivity contribution in [3.05, 3.63) is 48.0 Å². The van der Waals surface area contributed by atoms with Crippen molar-refractivity contribution < 1.29 is 9.53 Å². The monoisotopic (exact) mass is 286 g/mol. The molecule has 0 aliphatic carbocycles. The van der Waals surface area contributed by atoms with Crippen molar-refractivity contribution in [2.24, 2.45) is 5.92 Å². The van der Waals surface area contributed by atoms with Crippen molar-refractivity contribution in [1.82, 2.24) is 0 Å². The van der Waals surface area contributed by atoms with E-state index in [9.17, 15) is 4.79 Å². The average molecular weight is 286 g/mol. The molecule has 0 spiro atoms. The topological polar surface area (TPSA) is 26.3 Å². The Morgan fingerprint density at radius 2 is 1.90 bits per heavy atom. The van der Waals surface area contributed by atoms with Crippen molar-refractivity contribution in [2.45, 2.75) is 20.3 Å². The van der Waals surface area contributed by atoms with E-state index >= 15 is 0 Å². The number of fused-ring (bicyclic) bond motifs is 1. The number of hydrogen-bond donors (Lipinski definition) is 0. The van der Waals surface area contributed by atoms with Crippen molar-refractivity contribution in [2.75, 3.05) is 6.61 Å². The summed E-state index contributed by atoms with van der Waals surface area (Å²) in [7, 11) is 0. The van der Waals surface area contributed by atoms with Crippen molar-refractivity contribution >= 4 is 33.8 Å². The molecule has 1 atom stereocenters. The Kier molecular flexibility index (Phi) is 4.85. The number of carbonyl (C=O) groups is 1. The van der Waals surface area contributed by atoms with Crippen LogP contribution in [0.2, 0.25) is 0 Å². The zero-order valence-corrected chi connectivity index (χ0v) is 12.6. The minimum atomic E-state index is -0.401. The highest BCUT2D eigenvalue weighted by Gasteiger charge is 2.22. The van der Waals surface area contributed by atoms with E-state index < -0.39 is 5.92 Å². The normalized spacial score (nSPS) is 12.1. The SMILES string of the molecule is CCCOC(=S)C(C)C(=O)c1cccc2ccccc12. The first-order chi connectivity index (χ1) is 9.65. The molecule has 2 rings (SSSR count). The van der Waals surface area contributed by atoms with E-state index in [2.05, 4.69) is 0 Å². The fourth-order valence-electron chi connectivity index (χ4n) is 2.11. The van der Waals surface area contributed by atoms with Gasteiger partial charge in [0, 0.05) is 5.56 Å². The van der Waals surface area contributed by atoms with Crippen LogP contribution in [0.4, 0.5) is 0 Å². The van der Waals surface area contributed by atoms with Gasteiger partial charge in [-0.3, -0.25) is 4.79 Å². The predicted octanol–water partition coefficient (Wildman–Crippen LogP) is 4.41. The van der Waals surface area contributed by atoms with Gasteiger partial charge in [-0.15, -0.1) is 0 Å². The summed E-state index contributed by atoms with van der Waals surface area (Å²) in [6.07, 6.45) is 0.884. The summed E-state index contributed by atoms with van der Waals surface area (Å²) in [6, 6.07) is 13.6. The molecule has 0 N–H and O–H groups in total. The number of rotatable bonds is 5. The maximum Gasteiger partial charge on any atom is 0.174 e. The maximum atomic E-state index is 12.6. The van der Waals surface area contributed by atoms with E-state index in [1.807, 2.05) is 56.3 Å². The van der Waals surface area contributed by atoms with Crippen LogP contribution >= 0.6 is 12.2 Å². The second-order valence-corrected chi connectivity index (χ2v) is 5.18. The van der Waals surface area contributed by atoms with Crippen LogP contribution in [0.3, 0.4) is 0 Å². The molecule has 2 aromatic carbocycles. The smallest absolute Gasteiger partial charge is 0.174 e.